The minimum atomic E-state index is -0.631. The Hall–Kier alpha value is -3.25. The van der Waals surface area contributed by atoms with Gasteiger partial charge in [-0.3, -0.25) is 9.59 Å². The lowest BCUT2D eigenvalue weighted by Crippen LogP contribution is -2.52. The number of nitrogens with zero attached hydrogens (tertiary/aromatic N) is 1. The van der Waals surface area contributed by atoms with Crippen molar-refractivity contribution in [2.24, 2.45) is 0 Å². The van der Waals surface area contributed by atoms with Gasteiger partial charge in [-0.1, -0.05) is 72.3 Å². The molecule has 36 heavy (non-hydrogen) atoms. The molecule has 6 heteroatoms. The third kappa shape index (κ3) is 8.45. The van der Waals surface area contributed by atoms with Crippen LogP contribution in [0, 0.1) is 6.92 Å². The van der Waals surface area contributed by atoms with Crippen LogP contribution >= 0.6 is 11.8 Å². The van der Waals surface area contributed by atoms with Crippen LogP contribution in [-0.4, -0.2) is 41.7 Å². The van der Waals surface area contributed by atoms with Gasteiger partial charge in [0.15, 0.2) is 0 Å². The van der Waals surface area contributed by atoms with E-state index in [0.29, 0.717) is 13.0 Å². The van der Waals surface area contributed by atoms with E-state index in [9.17, 15) is 9.59 Å². The minimum absolute atomic E-state index is 0.0276. The molecule has 0 fully saturated rings. The topological polar surface area (TPSA) is 58.6 Å². The molecule has 0 heterocycles. The average Bonchev–Trinajstić information content (AvgIpc) is 2.86. The smallest absolute Gasteiger partial charge is 0.243 e. The second-order valence-electron chi connectivity index (χ2n) is 9.22. The summed E-state index contributed by atoms with van der Waals surface area (Å²) in [6, 6.07) is 25.2. The molecule has 5 nitrogen and oxygen atoms in total. The van der Waals surface area contributed by atoms with Crippen LogP contribution in [0.15, 0.2) is 78.9 Å². The minimum Gasteiger partial charge on any atom is -0.497 e. The van der Waals surface area contributed by atoms with Crippen molar-refractivity contribution in [3.05, 3.63) is 101 Å². The first-order chi connectivity index (χ1) is 17.4. The number of thioether (sulfide) groups is 1. The van der Waals surface area contributed by atoms with E-state index in [0.717, 1.165) is 22.6 Å². The van der Waals surface area contributed by atoms with E-state index in [1.54, 1.807) is 23.8 Å². The SMILES string of the molecule is COc1cccc(CN(C(=O)CSCc2cccc(C)c2)[C@@H](Cc2ccccc2)C(=O)NC(C)C)c1. The number of nitrogens with one attached hydrogen (secondary N) is 1. The van der Waals surface area contributed by atoms with Gasteiger partial charge in [0, 0.05) is 24.8 Å². The molecule has 0 aromatic heterocycles. The molecule has 0 bridgehead atoms. The number of benzene rings is 3. The Bertz CT molecular complexity index is 1130. The van der Waals surface area contributed by atoms with Gasteiger partial charge < -0.3 is 15.0 Å². The van der Waals surface area contributed by atoms with E-state index in [-0.39, 0.29) is 23.6 Å². The lowest BCUT2D eigenvalue weighted by Gasteiger charge is -2.32. The number of carbonyl (C=O) groups is 2. The van der Waals surface area contributed by atoms with Crippen molar-refractivity contribution in [2.45, 2.75) is 51.6 Å². The van der Waals surface area contributed by atoms with Crippen LogP contribution in [0.4, 0.5) is 0 Å². The van der Waals surface area contributed by atoms with Gasteiger partial charge in [-0.25, -0.2) is 0 Å². The fraction of sp³-hybridized carbons (Fsp3) is 0.333. The summed E-state index contributed by atoms with van der Waals surface area (Å²) in [5, 5.41) is 3.03. The van der Waals surface area contributed by atoms with Gasteiger partial charge in [-0.15, -0.1) is 11.8 Å². The number of aryl methyl sites for hydroxylation is 1. The summed E-state index contributed by atoms with van der Waals surface area (Å²) in [4.78, 5) is 28.8. The van der Waals surface area contributed by atoms with Crippen molar-refractivity contribution in [1.82, 2.24) is 10.2 Å². The number of hydrogen-bond donors (Lipinski definition) is 1. The van der Waals surface area contributed by atoms with E-state index < -0.39 is 6.04 Å². The summed E-state index contributed by atoms with van der Waals surface area (Å²) in [6.07, 6.45) is 0.442. The number of ether oxygens (including phenoxy) is 1. The van der Waals surface area contributed by atoms with Crippen molar-refractivity contribution in [1.29, 1.82) is 0 Å². The molecule has 3 aromatic rings. The van der Waals surface area contributed by atoms with Crippen molar-refractivity contribution in [3.8, 4) is 5.75 Å². The summed E-state index contributed by atoms with van der Waals surface area (Å²) in [7, 11) is 1.62. The molecule has 190 valence electrons. The third-order valence-electron chi connectivity index (χ3n) is 5.77. The van der Waals surface area contributed by atoms with Crippen LogP contribution in [0.1, 0.15) is 36.1 Å². The molecule has 2 amide bonds. The van der Waals surface area contributed by atoms with Crippen LogP contribution in [0.5, 0.6) is 5.75 Å². The third-order valence-corrected chi connectivity index (χ3v) is 6.75. The van der Waals surface area contributed by atoms with Crippen molar-refractivity contribution in [3.63, 3.8) is 0 Å². The van der Waals surface area contributed by atoms with Gasteiger partial charge in [-0.05, 0) is 49.6 Å². The largest absolute Gasteiger partial charge is 0.497 e. The molecule has 3 rings (SSSR count). The predicted octanol–water partition coefficient (Wildman–Crippen LogP) is 5.40. The molecule has 1 N–H and O–H groups in total. The zero-order chi connectivity index (χ0) is 25.9. The lowest BCUT2D eigenvalue weighted by molar-refractivity contribution is -0.139. The highest BCUT2D eigenvalue weighted by molar-refractivity contribution is 7.99. The van der Waals surface area contributed by atoms with Crippen LogP contribution in [0.3, 0.4) is 0 Å². The van der Waals surface area contributed by atoms with Crippen LogP contribution in [-0.2, 0) is 28.3 Å². The summed E-state index contributed by atoms with van der Waals surface area (Å²) in [6.45, 7) is 6.26. The molecule has 0 saturated carbocycles. The van der Waals surface area contributed by atoms with E-state index in [1.165, 1.54) is 11.1 Å². The fourth-order valence-corrected chi connectivity index (χ4v) is 4.90. The molecule has 0 radical (unpaired) electrons. The molecule has 0 aliphatic rings. The Balaban J connectivity index is 1.86. The molecular weight excluding hydrogens is 468 g/mol. The second-order valence-corrected chi connectivity index (χ2v) is 10.2. The summed E-state index contributed by atoms with van der Waals surface area (Å²) < 4.78 is 5.39. The van der Waals surface area contributed by atoms with E-state index >= 15 is 0 Å². The highest BCUT2D eigenvalue weighted by Gasteiger charge is 2.30. The summed E-state index contributed by atoms with van der Waals surface area (Å²) >= 11 is 1.57. The number of carbonyl (C=O) groups excluding carboxylic acids is 2. The first-order valence-corrected chi connectivity index (χ1v) is 13.4. The van der Waals surface area contributed by atoms with Gasteiger partial charge in [0.25, 0.3) is 0 Å². The number of amides is 2. The van der Waals surface area contributed by atoms with Gasteiger partial charge in [-0.2, -0.15) is 0 Å². The highest BCUT2D eigenvalue weighted by atomic mass is 32.2. The zero-order valence-corrected chi connectivity index (χ0v) is 22.4. The maximum absolute atomic E-state index is 13.7. The maximum Gasteiger partial charge on any atom is 0.243 e. The monoisotopic (exact) mass is 504 g/mol. The predicted molar refractivity (Wildman–Crippen MR) is 148 cm³/mol. The Morgan fingerprint density at radius 1 is 0.917 bits per heavy atom. The number of rotatable bonds is 12. The normalized spacial score (nSPS) is 11.7. The maximum atomic E-state index is 13.7. The Labute approximate surface area is 219 Å². The van der Waals surface area contributed by atoms with E-state index in [2.05, 4.69) is 30.4 Å². The van der Waals surface area contributed by atoms with Gasteiger partial charge in [0.05, 0.1) is 12.9 Å². The zero-order valence-electron chi connectivity index (χ0n) is 21.6. The lowest BCUT2D eigenvalue weighted by atomic mass is 10.0. The fourth-order valence-electron chi connectivity index (χ4n) is 4.04. The van der Waals surface area contributed by atoms with Crippen molar-refractivity contribution >= 4 is 23.6 Å². The van der Waals surface area contributed by atoms with Gasteiger partial charge >= 0.3 is 0 Å². The molecular formula is C30H36N2O3S. The molecule has 0 spiro atoms. The Morgan fingerprint density at radius 2 is 1.61 bits per heavy atom. The van der Waals surface area contributed by atoms with Crippen molar-refractivity contribution < 1.29 is 14.3 Å². The van der Waals surface area contributed by atoms with Crippen LogP contribution in [0.2, 0.25) is 0 Å². The molecule has 0 aliphatic heterocycles. The molecule has 0 aliphatic carbocycles. The molecule has 0 saturated heterocycles. The number of methoxy groups -OCH3 is 1. The quantitative estimate of drug-likeness (QED) is 0.359. The van der Waals surface area contributed by atoms with Crippen LogP contribution in [0.25, 0.3) is 0 Å². The molecule has 3 aromatic carbocycles. The first-order valence-electron chi connectivity index (χ1n) is 12.3. The van der Waals surface area contributed by atoms with Crippen molar-refractivity contribution in [2.75, 3.05) is 12.9 Å². The molecule has 0 unspecified atom stereocenters. The number of hydrogen-bond acceptors (Lipinski definition) is 4. The summed E-state index contributed by atoms with van der Waals surface area (Å²) in [5.74, 6) is 1.55. The first kappa shape index (κ1) is 27.3. The van der Waals surface area contributed by atoms with Gasteiger partial charge in [0.2, 0.25) is 11.8 Å². The summed E-state index contributed by atoms with van der Waals surface area (Å²) in [5.41, 5.74) is 4.32. The molecule has 1 atom stereocenters. The second kappa shape index (κ2) is 13.7. The van der Waals surface area contributed by atoms with E-state index in [4.69, 9.17) is 4.74 Å². The average molecular weight is 505 g/mol. The van der Waals surface area contributed by atoms with Crippen LogP contribution < -0.4 is 10.1 Å². The van der Waals surface area contributed by atoms with E-state index in [1.807, 2.05) is 74.5 Å². The Kier molecular flexibility index (Phi) is 10.4. The van der Waals surface area contributed by atoms with Gasteiger partial charge in [0.1, 0.15) is 11.8 Å². The highest BCUT2D eigenvalue weighted by Crippen LogP contribution is 2.21. The Morgan fingerprint density at radius 3 is 2.31 bits per heavy atom. The standard InChI is InChI=1S/C30H36N2O3S/c1-22(2)31-30(34)28(18-24-11-6-5-7-12-24)32(19-25-13-9-15-27(17-25)35-4)29(33)21-36-20-26-14-8-10-23(3)16-26/h5-17,22,28H,18-21H2,1-4H3,(H,31,34)/t28-/m0/s1.